The van der Waals surface area contributed by atoms with Crippen LogP contribution in [0.2, 0.25) is 0 Å². The number of carbonyl (C=O) groups is 1. The number of amides is 1. The SMILES string of the molecule is CN(Cc1cc(C(F)(F)F)cc(C(F)(F)F)c1)C(=O)c1ccccc1-c1cccc2ccccc12.CNCc1cc(C(F)(F)F)cc(C(F)(F)F)c1. The minimum atomic E-state index is -4.96. The van der Waals surface area contributed by atoms with Crippen molar-refractivity contribution in [3.8, 4) is 11.1 Å². The van der Waals surface area contributed by atoms with E-state index < -0.39 is 59.4 Å². The van der Waals surface area contributed by atoms with Gasteiger partial charge in [0.05, 0.1) is 22.3 Å². The van der Waals surface area contributed by atoms with Gasteiger partial charge in [0.2, 0.25) is 0 Å². The molecule has 1 amide bonds. The molecule has 0 bridgehead atoms. The zero-order valence-corrected chi connectivity index (χ0v) is 27.1. The summed E-state index contributed by atoms with van der Waals surface area (Å²) in [5.74, 6) is -0.528. The summed E-state index contributed by atoms with van der Waals surface area (Å²) in [6.07, 6.45) is -19.5. The summed E-state index contributed by atoms with van der Waals surface area (Å²) in [5.41, 5.74) is -4.07. The van der Waals surface area contributed by atoms with Gasteiger partial charge in [-0.1, -0.05) is 60.7 Å². The first-order chi connectivity index (χ1) is 24.1. The number of halogens is 12. The second-order valence-electron chi connectivity index (χ2n) is 11.6. The number of benzene rings is 5. The Morgan fingerprint density at radius 1 is 0.558 bits per heavy atom. The van der Waals surface area contributed by atoms with Crippen LogP contribution in [0.1, 0.15) is 43.7 Å². The van der Waals surface area contributed by atoms with Crippen molar-refractivity contribution in [1.29, 1.82) is 0 Å². The summed E-state index contributed by atoms with van der Waals surface area (Å²) in [6.45, 7) is -0.497. The van der Waals surface area contributed by atoms with E-state index in [2.05, 4.69) is 5.32 Å². The van der Waals surface area contributed by atoms with Crippen molar-refractivity contribution in [2.75, 3.05) is 14.1 Å². The molecule has 0 aromatic heterocycles. The van der Waals surface area contributed by atoms with Crippen molar-refractivity contribution in [2.24, 2.45) is 0 Å². The molecule has 0 saturated carbocycles. The Labute approximate surface area is 289 Å². The molecule has 0 heterocycles. The van der Waals surface area contributed by atoms with Gasteiger partial charge in [-0.2, -0.15) is 52.7 Å². The number of fused-ring (bicyclic) bond motifs is 1. The van der Waals surface area contributed by atoms with Crippen molar-refractivity contribution >= 4 is 16.7 Å². The highest BCUT2D eigenvalue weighted by molar-refractivity contribution is 6.05. The predicted molar refractivity (Wildman–Crippen MR) is 171 cm³/mol. The average molecular weight is 745 g/mol. The zero-order valence-electron chi connectivity index (χ0n) is 27.1. The van der Waals surface area contributed by atoms with Crippen LogP contribution >= 0.6 is 0 Å². The topological polar surface area (TPSA) is 32.3 Å². The summed E-state index contributed by atoms with van der Waals surface area (Å²) < 4.78 is 154. The van der Waals surface area contributed by atoms with Crippen LogP contribution in [0.15, 0.2) is 103 Å². The van der Waals surface area contributed by atoms with Crippen LogP contribution in [0.5, 0.6) is 0 Å². The summed E-state index contributed by atoms with van der Waals surface area (Å²) in [7, 11) is 2.78. The number of carbonyl (C=O) groups excluding carboxylic acids is 1. The number of hydrogen-bond donors (Lipinski definition) is 1. The first-order valence-electron chi connectivity index (χ1n) is 15.1. The second-order valence-corrected chi connectivity index (χ2v) is 11.6. The maximum absolute atomic E-state index is 13.3. The Morgan fingerprint density at radius 2 is 0.981 bits per heavy atom. The molecule has 276 valence electrons. The van der Waals surface area contributed by atoms with Crippen LogP contribution in [0, 0.1) is 0 Å². The van der Waals surface area contributed by atoms with E-state index in [-0.39, 0.29) is 35.4 Å². The molecule has 5 aromatic carbocycles. The molecule has 0 fully saturated rings. The minimum absolute atomic E-state index is 0.0605. The molecule has 0 spiro atoms. The fourth-order valence-corrected chi connectivity index (χ4v) is 5.35. The van der Waals surface area contributed by atoms with Gasteiger partial charge in [-0.05, 0) is 82.5 Å². The van der Waals surface area contributed by atoms with E-state index in [9.17, 15) is 57.5 Å². The molecule has 15 heteroatoms. The molecule has 0 saturated heterocycles. The van der Waals surface area contributed by atoms with Gasteiger partial charge in [-0.15, -0.1) is 0 Å². The van der Waals surface area contributed by atoms with Crippen molar-refractivity contribution in [2.45, 2.75) is 37.8 Å². The van der Waals surface area contributed by atoms with Crippen LogP contribution < -0.4 is 5.32 Å². The van der Waals surface area contributed by atoms with E-state index in [1.807, 2.05) is 42.5 Å². The van der Waals surface area contributed by atoms with E-state index in [4.69, 9.17) is 0 Å². The number of alkyl halides is 12. The van der Waals surface area contributed by atoms with E-state index in [0.717, 1.165) is 21.2 Å². The molecule has 0 aliphatic heterocycles. The normalized spacial score (nSPS) is 12.3. The highest BCUT2D eigenvalue weighted by Gasteiger charge is 2.38. The van der Waals surface area contributed by atoms with Gasteiger partial charge in [-0.3, -0.25) is 4.79 Å². The second kappa shape index (κ2) is 15.3. The van der Waals surface area contributed by atoms with Crippen LogP contribution in [-0.4, -0.2) is 24.9 Å². The number of hydrogen-bond acceptors (Lipinski definition) is 2. The standard InChI is InChI=1S/C27H19F6NO.C10H9F6N/c1-34(16-17-13-19(26(28,29)30)15-20(14-17)27(31,32)33)25(35)24-11-5-4-10-23(24)22-12-6-8-18-7-2-3-9-21(18)22;1-17-5-6-2-7(9(11,12)13)4-8(3-6)10(14,15)16/h2-15H,16H2,1H3;2-4,17H,5H2,1H3. The van der Waals surface area contributed by atoms with E-state index in [0.29, 0.717) is 29.8 Å². The lowest BCUT2D eigenvalue weighted by atomic mass is 9.94. The molecule has 5 aromatic rings. The van der Waals surface area contributed by atoms with Crippen LogP contribution in [-0.2, 0) is 37.8 Å². The molecule has 0 aliphatic carbocycles. The van der Waals surface area contributed by atoms with Gasteiger partial charge < -0.3 is 10.2 Å². The van der Waals surface area contributed by atoms with Crippen LogP contribution in [0.4, 0.5) is 52.7 Å². The van der Waals surface area contributed by atoms with Crippen molar-refractivity contribution in [3.63, 3.8) is 0 Å². The summed E-state index contributed by atoms with van der Waals surface area (Å²) >= 11 is 0. The van der Waals surface area contributed by atoms with Gasteiger partial charge in [-0.25, -0.2) is 0 Å². The smallest absolute Gasteiger partial charge is 0.337 e. The lowest BCUT2D eigenvalue weighted by molar-refractivity contribution is -0.144. The molecule has 3 nitrogen and oxygen atoms in total. The van der Waals surface area contributed by atoms with Gasteiger partial charge in [0, 0.05) is 25.7 Å². The number of nitrogens with zero attached hydrogens (tertiary/aromatic N) is 1. The Morgan fingerprint density at radius 3 is 1.48 bits per heavy atom. The molecule has 0 radical (unpaired) electrons. The summed E-state index contributed by atoms with van der Waals surface area (Å²) in [4.78, 5) is 14.4. The molecular weight excluding hydrogens is 716 g/mol. The van der Waals surface area contributed by atoms with Gasteiger partial charge in [0.1, 0.15) is 0 Å². The number of nitrogens with one attached hydrogen (secondary N) is 1. The number of rotatable bonds is 6. The highest BCUT2D eigenvalue weighted by atomic mass is 19.4. The van der Waals surface area contributed by atoms with Crippen molar-refractivity contribution < 1.29 is 57.5 Å². The third-order valence-corrected chi connectivity index (χ3v) is 7.68. The lowest BCUT2D eigenvalue weighted by Gasteiger charge is -2.21. The first kappa shape index (κ1) is 39.7. The van der Waals surface area contributed by atoms with E-state index >= 15 is 0 Å². The molecule has 5 rings (SSSR count). The maximum atomic E-state index is 13.3. The molecule has 0 aliphatic rings. The molecule has 0 atom stereocenters. The lowest BCUT2D eigenvalue weighted by Crippen LogP contribution is -2.27. The largest absolute Gasteiger partial charge is 0.416 e. The predicted octanol–water partition coefficient (Wildman–Crippen LogP) is 11.3. The third kappa shape index (κ3) is 9.84. The van der Waals surface area contributed by atoms with E-state index in [1.165, 1.54) is 14.1 Å². The summed E-state index contributed by atoms with van der Waals surface area (Å²) in [5, 5.41) is 4.38. The Bertz CT molecular complexity index is 1960. The van der Waals surface area contributed by atoms with Crippen LogP contribution in [0.3, 0.4) is 0 Å². The zero-order chi connectivity index (χ0) is 38.6. The average Bonchev–Trinajstić information content (AvgIpc) is 3.06. The van der Waals surface area contributed by atoms with Gasteiger partial charge in [0.15, 0.2) is 0 Å². The molecular formula is C37H28F12N2O. The summed E-state index contributed by atoms with van der Waals surface area (Å²) in [6, 6.07) is 22.9. The van der Waals surface area contributed by atoms with Gasteiger partial charge in [0.25, 0.3) is 5.91 Å². The van der Waals surface area contributed by atoms with Crippen molar-refractivity contribution in [1.82, 2.24) is 10.2 Å². The fraction of sp³-hybridized carbons (Fsp3) is 0.216. The van der Waals surface area contributed by atoms with Gasteiger partial charge >= 0.3 is 24.7 Å². The quantitative estimate of drug-likeness (QED) is 0.176. The Kier molecular flexibility index (Phi) is 11.7. The Hall–Kier alpha value is -5.05. The Balaban J connectivity index is 0.000000299. The molecule has 52 heavy (non-hydrogen) atoms. The molecule has 1 N–H and O–H groups in total. The highest BCUT2D eigenvalue weighted by Crippen LogP contribution is 2.38. The van der Waals surface area contributed by atoms with E-state index in [1.54, 1.807) is 24.3 Å². The van der Waals surface area contributed by atoms with Crippen molar-refractivity contribution in [3.05, 3.63) is 142 Å². The molecule has 0 unspecified atom stereocenters. The fourth-order valence-electron chi connectivity index (χ4n) is 5.35. The first-order valence-corrected chi connectivity index (χ1v) is 15.1. The monoisotopic (exact) mass is 744 g/mol. The minimum Gasteiger partial charge on any atom is -0.337 e. The maximum Gasteiger partial charge on any atom is 0.416 e. The van der Waals surface area contributed by atoms with Crippen LogP contribution in [0.25, 0.3) is 21.9 Å². The third-order valence-electron chi connectivity index (χ3n) is 7.68.